The first kappa shape index (κ1) is 18.5. The molecule has 0 N–H and O–H groups in total. The van der Waals surface area contributed by atoms with Gasteiger partial charge < -0.3 is 4.74 Å². The van der Waals surface area contributed by atoms with E-state index in [1.807, 2.05) is 25.9 Å². The predicted molar refractivity (Wildman–Crippen MR) is 103 cm³/mol. The number of benzene rings is 2. The summed E-state index contributed by atoms with van der Waals surface area (Å²) in [5.41, 5.74) is 0.554. The van der Waals surface area contributed by atoms with Gasteiger partial charge in [-0.25, -0.2) is 4.98 Å². The number of methoxy groups -OCH3 is 1. The van der Waals surface area contributed by atoms with E-state index in [-0.39, 0.29) is 22.7 Å². The highest BCUT2D eigenvalue weighted by atomic mass is 16.6. The van der Waals surface area contributed by atoms with Crippen LogP contribution in [-0.2, 0) is 0 Å². The zero-order chi connectivity index (χ0) is 19.7. The number of nitro groups is 1. The zero-order valence-corrected chi connectivity index (χ0v) is 15.5. The summed E-state index contributed by atoms with van der Waals surface area (Å²) >= 11 is 0. The Hall–Kier alpha value is -3.26. The molecule has 0 aliphatic rings. The molecule has 1 atom stereocenters. The standard InChI is InChI=1S/C19H20N4O4/c1-12(21(2)3)18-20-17-10-7-14(23(25)26)11-16(17)19(24)22(18)13-5-8-15(27-4)9-6-13/h5-12H,1-4H3/t12-/m0/s1. The number of ether oxygens (including phenoxy) is 1. The fraction of sp³-hybridized carbons (Fsp3) is 0.263. The quantitative estimate of drug-likeness (QED) is 0.508. The highest BCUT2D eigenvalue weighted by Crippen LogP contribution is 2.24. The molecule has 0 saturated carbocycles. The summed E-state index contributed by atoms with van der Waals surface area (Å²) in [5, 5.41) is 11.3. The number of rotatable bonds is 5. The number of aromatic nitrogens is 2. The Morgan fingerprint density at radius 2 is 1.85 bits per heavy atom. The van der Waals surface area contributed by atoms with Gasteiger partial charge in [-0.15, -0.1) is 0 Å². The van der Waals surface area contributed by atoms with Gasteiger partial charge in [-0.1, -0.05) is 0 Å². The minimum absolute atomic E-state index is 0.143. The van der Waals surface area contributed by atoms with Crippen LogP contribution >= 0.6 is 0 Å². The summed E-state index contributed by atoms with van der Waals surface area (Å²) in [7, 11) is 5.36. The molecule has 0 saturated heterocycles. The number of nitro benzene ring substituents is 1. The Labute approximate surface area is 155 Å². The molecule has 0 aliphatic carbocycles. The third kappa shape index (κ3) is 3.39. The number of hydrogen-bond donors (Lipinski definition) is 0. The lowest BCUT2D eigenvalue weighted by atomic mass is 10.1. The van der Waals surface area contributed by atoms with E-state index < -0.39 is 4.92 Å². The first-order chi connectivity index (χ1) is 12.8. The van der Waals surface area contributed by atoms with Crippen LogP contribution in [0.1, 0.15) is 18.8 Å². The van der Waals surface area contributed by atoms with Crippen molar-refractivity contribution >= 4 is 16.6 Å². The van der Waals surface area contributed by atoms with E-state index in [0.717, 1.165) is 0 Å². The van der Waals surface area contributed by atoms with Crippen molar-refractivity contribution in [3.05, 3.63) is 68.8 Å². The van der Waals surface area contributed by atoms with E-state index in [2.05, 4.69) is 4.98 Å². The third-order valence-corrected chi connectivity index (χ3v) is 4.57. The van der Waals surface area contributed by atoms with Gasteiger partial charge in [0.2, 0.25) is 0 Å². The van der Waals surface area contributed by atoms with E-state index in [1.54, 1.807) is 31.4 Å². The highest BCUT2D eigenvalue weighted by Gasteiger charge is 2.20. The summed E-state index contributed by atoms with van der Waals surface area (Å²) in [4.78, 5) is 30.4. The van der Waals surface area contributed by atoms with Crippen LogP contribution in [0, 0.1) is 10.1 Å². The topological polar surface area (TPSA) is 90.5 Å². The van der Waals surface area contributed by atoms with E-state index in [4.69, 9.17) is 4.74 Å². The molecule has 0 spiro atoms. The second-order valence-corrected chi connectivity index (χ2v) is 6.41. The molecule has 1 aromatic heterocycles. The molecule has 3 rings (SSSR count). The average molecular weight is 368 g/mol. The lowest BCUT2D eigenvalue weighted by Crippen LogP contribution is -2.29. The van der Waals surface area contributed by atoms with Gasteiger partial charge in [0.15, 0.2) is 0 Å². The number of hydrogen-bond acceptors (Lipinski definition) is 6. The number of non-ortho nitro benzene ring substituents is 1. The first-order valence-electron chi connectivity index (χ1n) is 8.35. The van der Waals surface area contributed by atoms with Crippen LogP contribution in [0.3, 0.4) is 0 Å². The molecule has 2 aromatic carbocycles. The van der Waals surface area contributed by atoms with Crippen molar-refractivity contribution < 1.29 is 9.66 Å². The molecule has 0 fully saturated rings. The van der Waals surface area contributed by atoms with Gasteiger partial charge in [-0.3, -0.25) is 24.4 Å². The van der Waals surface area contributed by atoms with E-state index >= 15 is 0 Å². The molecule has 0 bridgehead atoms. The minimum atomic E-state index is -0.521. The Morgan fingerprint density at radius 3 is 2.41 bits per heavy atom. The molecule has 1 heterocycles. The molecule has 3 aromatic rings. The molecule has 8 heteroatoms. The van der Waals surface area contributed by atoms with Crippen LogP contribution in [0.4, 0.5) is 5.69 Å². The second kappa shape index (κ2) is 7.16. The summed E-state index contributed by atoms with van der Waals surface area (Å²) < 4.78 is 6.67. The molecular weight excluding hydrogens is 348 g/mol. The largest absolute Gasteiger partial charge is 0.497 e. The minimum Gasteiger partial charge on any atom is -0.497 e. The predicted octanol–water partition coefficient (Wildman–Crippen LogP) is 2.93. The monoisotopic (exact) mass is 368 g/mol. The summed E-state index contributed by atoms with van der Waals surface area (Å²) in [6.45, 7) is 1.94. The fourth-order valence-electron chi connectivity index (χ4n) is 2.80. The van der Waals surface area contributed by atoms with Crippen molar-refractivity contribution in [2.24, 2.45) is 0 Å². The van der Waals surface area contributed by atoms with Crippen molar-refractivity contribution in [1.82, 2.24) is 14.5 Å². The molecule has 0 radical (unpaired) electrons. The fourth-order valence-corrected chi connectivity index (χ4v) is 2.80. The maximum atomic E-state index is 13.3. The molecule has 8 nitrogen and oxygen atoms in total. The Balaban J connectivity index is 2.35. The van der Waals surface area contributed by atoms with Crippen LogP contribution in [0.2, 0.25) is 0 Å². The molecule has 0 amide bonds. The van der Waals surface area contributed by atoms with Crippen LogP contribution in [0.15, 0.2) is 47.3 Å². The highest BCUT2D eigenvalue weighted by molar-refractivity contribution is 5.80. The molecule has 0 unspecified atom stereocenters. The smallest absolute Gasteiger partial charge is 0.270 e. The van der Waals surface area contributed by atoms with Crippen molar-refractivity contribution in [3.8, 4) is 11.4 Å². The van der Waals surface area contributed by atoms with Gasteiger partial charge >= 0.3 is 0 Å². The first-order valence-corrected chi connectivity index (χ1v) is 8.35. The van der Waals surface area contributed by atoms with Crippen molar-refractivity contribution in [2.75, 3.05) is 21.2 Å². The van der Waals surface area contributed by atoms with Gasteiger partial charge in [-0.05, 0) is 51.4 Å². The molecule has 27 heavy (non-hydrogen) atoms. The van der Waals surface area contributed by atoms with Crippen LogP contribution in [0.5, 0.6) is 5.75 Å². The zero-order valence-electron chi connectivity index (χ0n) is 15.5. The maximum Gasteiger partial charge on any atom is 0.270 e. The van der Waals surface area contributed by atoms with Crippen molar-refractivity contribution in [3.63, 3.8) is 0 Å². The second-order valence-electron chi connectivity index (χ2n) is 6.41. The molecule has 0 aliphatic heterocycles. The lowest BCUT2D eigenvalue weighted by Gasteiger charge is -2.23. The summed E-state index contributed by atoms with van der Waals surface area (Å²) in [6, 6.07) is 11.0. The normalized spacial score (nSPS) is 12.3. The SMILES string of the molecule is COc1ccc(-n2c([C@H](C)N(C)C)nc3ccc([N+](=O)[O-])cc3c2=O)cc1. The molecule has 140 valence electrons. The molecular formula is C19H20N4O4. The Morgan fingerprint density at radius 1 is 1.19 bits per heavy atom. The van der Waals surface area contributed by atoms with Crippen LogP contribution < -0.4 is 10.3 Å². The van der Waals surface area contributed by atoms with E-state index in [0.29, 0.717) is 22.8 Å². The van der Waals surface area contributed by atoms with Crippen molar-refractivity contribution in [1.29, 1.82) is 0 Å². The number of fused-ring (bicyclic) bond motifs is 1. The van der Waals surface area contributed by atoms with Crippen LogP contribution in [0.25, 0.3) is 16.6 Å². The number of nitrogens with zero attached hydrogens (tertiary/aromatic N) is 4. The summed E-state index contributed by atoms with van der Waals surface area (Å²) in [6.07, 6.45) is 0. The van der Waals surface area contributed by atoms with E-state index in [9.17, 15) is 14.9 Å². The Kier molecular flexibility index (Phi) is 4.91. The van der Waals surface area contributed by atoms with Gasteiger partial charge in [-0.2, -0.15) is 0 Å². The Bertz CT molecular complexity index is 1060. The lowest BCUT2D eigenvalue weighted by molar-refractivity contribution is -0.384. The van der Waals surface area contributed by atoms with Crippen LogP contribution in [-0.4, -0.2) is 40.6 Å². The van der Waals surface area contributed by atoms with Gasteiger partial charge in [0.25, 0.3) is 11.2 Å². The maximum absolute atomic E-state index is 13.3. The van der Waals surface area contributed by atoms with Gasteiger partial charge in [0, 0.05) is 12.1 Å². The summed E-state index contributed by atoms with van der Waals surface area (Å²) in [5.74, 6) is 1.22. The average Bonchev–Trinajstić information content (AvgIpc) is 2.67. The van der Waals surface area contributed by atoms with E-state index in [1.165, 1.54) is 22.8 Å². The van der Waals surface area contributed by atoms with Gasteiger partial charge in [0.05, 0.1) is 34.7 Å². The van der Waals surface area contributed by atoms with Crippen molar-refractivity contribution in [2.45, 2.75) is 13.0 Å². The van der Waals surface area contributed by atoms with Gasteiger partial charge in [0.1, 0.15) is 11.6 Å². The third-order valence-electron chi connectivity index (χ3n) is 4.57.